The van der Waals surface area contributed by atoms with Crippen LogP contribution in [-0.4, -0.2) is 61.5 Å². The normalized spacial score (nSPS) is 13.8. The van der Waals surface area contributed by atoms with E-state index in [-0.39, 0.29) is 11.9 Å². The summed E-state index contributed by atoms with van der Waals surface area (Å²) in [6, 6.07) is 15.4. The van der Waals surface area contributed by atoms with Crippen LogP contribution in [0.3, 0.4) is 0 Å². The fourth-order valence-electron chi connectivity index (χ4n) is 3.60. The van der Waals surface area contributed by atoms with Gasteiger partial charge >= 0.3 is 6.03 Å². The first-order valence-corrected chi connectivity index (χ1v) is 10.7. The van der Waals surface area contributed by atoms with E-state index in [0.29, 0.717) is 31.7 Å². The maximum absolute atomic E-state index is 12.9. The Balaban J connectivity index is 1.51. The lowest BCUT2D eigenvalue weighted by atomic mass is 10.1. The van der Waals surface area contributed by atoms with Crippen molar-refractivity contribution in [1.82, 2.24) is 9.80 Å². The van der Waals surface area contributed by atoms with E-state index in [1.54, 1.807) is 4.90 Å². The molecule has 0 radical (unpaired) electrons. The number of aryl methyl sites for hydroxylation is 1. The first kappa shape index (κ1) is 21.7. The third-order valence-electron chi connectivity index (χ3n) is 5.53. The minimum Gasteiger partial charge on any atom is -0.375 e. The molecule has 30 heavy (non-hydrogen) atoms. The molecule has 2 aromatic carbocycles. The highest BCUT2D eigenvalue weighted by Gasteiger charge is 2.25. The molecule has 1 N–H and O–H groups in total. The minimum absolute atomic E-state index is 0.0245. The lowest BCUT2D eigenvalue weighted by Gasteiger charge is -2.34. The molecule has 0 unspecified atom stereocenters. The maximum atomic E-state index is 12.9. The van der Waals surface area contributed by atoms with Crippen LogP contribution < -0.4 is 10.2 Å². The molecule has 0 aromatic heterocycles. The molecule has 3 amide bonds. The van der Waals surface area contributed by atoms with Gasteiger partial charge < -0.3 is 20.0 Å². The van der Waals surface area contributed by atoms with Gasteiger partial charge in [0.1, 0.15) is 0 Å². The van der Waals surface area contributed by atoms with E-state index in [2.05, 4.69) is 24.2 Å². The molecule has 0 saturated carbocycles. The van der Waals surface area contributed by atoms with Gasteiger partial charge in [0.25, 0.3) is 5.91 Å². The summed E-state index contributed by atoms with van der Waals surface area (Å²) in [4.78, 5) is 31.2. The fourth-order valence-corrected chi connectivity index (χ4v) is 3.60. The predicted molar refractivity (Wildman–Crippen MR) is 122 cm³/mol. The number of unbranched alkanes of at least 4 members (excludes halogenated alkanes) is 1. The standard InChI is InChI=1S/C24H32N4O2/c1-4-5-13-26(3)22-11-9-20(10-12-22)23(29)27-14-16-28(17-15-27)24(30)25-21-8-6-7-19(2)18-21/h6-12,18H,4-5,13-17H2,1-3H3,(H,25,30). The summed E-state index contributed by atoms with van der Waals surface area (Å²) in [7, 11) is 2.08. The van der Waals surface area contributed by atoms with Gasteiger partial charge in [0.2, 0.25) is 0 Å². The zero-order valence-corrected chi connectivity index (χ0v) is 18.2. The largest absolute Gasteiger partial charge is 0.375 e. The Bertz CT molecular complexity index is 858. The summed E-state index contributed by atoms with van der Waals surface area (Å²) < 4.78 is 0. The number of nitrogens with one attached hydrogen (secondary N) is 1. The summed E-state index contributed by atoms with van der Waals surface area (Å²) in [5, 5.41) is 2.94. The lowest BCUT2D eigenvalue weighted by Crippen LogP contribution is -2.51. The van der Waals surface area contributed by atoms with Gasteiger partial charge in [-0.2, -0.15) is 0 Å². The molecule has 0 aliphatic carbocycles. The first-order chi connectivity index (χ1) is 14.5. The molecule has 0 atom stereocenters. The van der Waals surface area contributed by atoms with Gasteiger partial charge in [-0.1, -0.05) is 25.5 Å². The monoisotopic (exact) mass is 408 g/mol. The molecule has 0 spiro atoms. The first-order valence-electron chi connectivity index (χ1n) is 10.7. The van der Waals surface area contributed by atoms with Crippen molar-refractivity contribution in [3.8, 4) is 0 Å². The number of amides is 3. The second-order valence-electron chi connectivity index (χ2n) is 7.90. The Kier molecular flexibility index (Phi) is 7.33. The zero-order valence-electron chi connectivity index (χ0n) is 18.2. The van der Waals surface area contributed by atoms with Crippen LogP contribution in [0.2, 0.25) is 0 Å². The molecule has 1 aliphatic rings. The number of hydrogen-bond donors (Lipinski definition) is 1. The number of anilines is 2. The topological polar surface area (TPSA) is 55.9 Å². The van der Waals surface area contributed by atoms with E-state index >= 15 is 0 Å². The van der Waals surface area contributed by atoms with Crippen LogP contribution in [-0.2, 0) is 0 Å². The number of carbonyl (C=O) groups excluding carboxylic acids is 2. The number of piperazine rings is 1. The smallest absolute Gasteiger partial charge is 0.321 e. The Labute approximate surface area is 179 Å². The Hall–Kier alpha value is -3.02. The van der Waals surface area contributed by atoms with Crippen molar-refractivity contribution >= 4 is 23.3 Å². The van der Waals surface area contributed by atoms with Gasteiger partial charge in [-0.15, -0.1) is 0 Å². The number of benzene rings is 2. The van der Waals surface area contributed by atoms with E-state index in [1.165, 1.54) is 0 Å². The molecule has 1 heterocycles. The van der Waals surface area contributed by atoms with E-state index in [1.807, 2.05) is 60.4 Å². The van der Waals surface area contributed by atoms with Crippen molar-refractivity contribution in [3.05, 3.63) is 59.7 Å². The number of urea groups is 1. The van der Waals surface area contributed by atoms with E-state index in [0.717, 1.165) is 36.3 Å². The van der Waals surface area contributed by atoms with E-state index in [4.69, 9.17) is 0 Å². The van der Waals surface area contributed by atoms with Gasteiger partial charge in [0.15, 0.2) is 0 Å². The van der Waals surface area contributed by atoms with Gasteiger partial charge in [-0.3, -0.25) is 4.79 Å². The lowest BCUT2D eigenvalue weighted by molar-refractivity contribution is 0.0671. The van der Waals surface area contributed by atoms with Crippen molar-refractivity contribution in [1.29, 1.82) is 0 Å². The number of hydrogen-bond acceptors (Lipinski definition) is 3. The van der Waals surface area contributed by atoms with Crippen molar-refractivity contribution in [3.63, 3.8) is 0 Å². The molecule has 1 aliphatic heterocycles. The summed E-state index contributed by atoms with van der Waals surface area (Å²) in [6.45, 7) is 7.33. The Morgan fingerprint density at radius 2 is 1.67 bits per heavy atom. The molecule has 2 aromatic rings. The molecule has 1 fully saturated rings. The summed E-state index contributed by atoms with van der Waals surface area (Å²) in [5.74, 6) is 0.0245. The van der Waals surface area contributed by atoms with Crippen LogP contribution in [0.15, 0.2) is 48.5 Å². The SMILES string of the molecule is CCCCN(C)c1ccc(C(=O)N2CCN(C(=O)Nc3cccc(C)c3)CC2)cc1. The second-order valence-corrected chi connectivity index (χ2v) is 7.90. The highest BCUT2D eigenvalue weighted by atomic mass is 16.2. The molecular formula is C24H32N4O2. The van der Waals surface area contributed by atoms with Crippen LogP contribution in [0.5, 0.6) is 0 Å². The fraction of sp³-hybridized carbons (Fsp3) is 0.417. The van der Waals surface area contributed by atoms with Crippen LogP contribution in [0.25, 0.3) is 0 Å². The maximum Gasteiger partial charge on any atom is 0.321 e. The van der Waals surface area contributed by atoms with Crippen LogP contribution in [0, 0.1) is 6.92 Å². The third-order valence-corrected chi connectivity index (χ3v) is 5.53. The van der Waals surface area contributed by atoms with Gasteiger partial charge in [-0.05, 0) is 55.3 Å². The molecule has 6 heteroatoms. The molecule has 0 bridgehead atoms. The molecule has 160 valence electrons. The van der Waals surface area contributed by atoms with Gasteiger partial charge in [0.05, 0.1) is 0 Å². The van der Waals surface area contributed by atoms with E-state index < -0.39 is 0 Å². The molecular weight excluding hydrogens is 376 g/mol. The predicted octanol–water partition coefficient (Wildman–Crippen LogP) is 4.22. The summed E-state index contributed by atoms with van der Waals surface area (Å²) in [6.07, 6.45) is 2.31. The molecule has 3 rings (SSSR count). The van der Waals surface area contributed by atoms with Crippen LogP contribution >= 0.6 is 0 Å². The van der Waals surface area contributed by atoms with Crippen LogP contribution in [0.1, 0.15) is 35.7 Å². The second kappa shape index (κ2) is 10.1. The molecule has 6 nitrogen and oxygen atoms in total. The van der Waals surface area contributed by atoms with Crippen molar-refractivity contribution < 1.29 is 9.59 Å². The minimum atomic E-state index is -0.118. The van der Waals surface area contributed by atoms with Gasteiger partial charge in [-0.25, -0.2) is 4.79 Å². The Morgan fingerprint density at radius 1 is 1.00 bits per heavy atom. The van der Waals surface area contributed by atoms with Gasteiger partial charge in [0, 0.05) is 56.7 Å². The quantitative estimate of drug-likeness (QED) is 0.779. The van der Waals surface area contributed by atoms with Crippen molar-refractivity contribution in [2.75, 3.05) is 50.0 Å². The van der Waals surface area contributed by atoms with Crippen molar-refractivity contribution in [2.24, 2.45) is 0 Å². The average Bonchev–Trinajstić information content (AvgIpc) is 2.77. The number of rotatable bonds is 6. The van der Waals surface area contributed by atoms with E-state index in [9.17, 15) is 9.59 Å². The number of nitrogens with zero attached hydrogens (tertiary/aromatic N) is 3. The average molecular weight is 409 g/mol. The summed E-state index contributed by atoms with van der Waals surface area (Å²) >= 11 is 0. The highest BCUT2D eigenvalue weighted by molar-refractivity contribution is 5.95. The Morgan fingerprint density at radius 3 is 2.30 bits per heavy atom. The molecule has 1 saturated heterocycles. The zero-order chi connectivity index (χ0) is 21.5. The summed E-state index contributed by atoms with van der Waals surface area (Å²) in [5.41, 5.74) is 3.71. The highest BCUT2D eigenvalue weighted by Crippen LogP contribution is 2.17. The number of carbonyl (C=O) groups is 2. The van der Waals surface area contributed by atoms with Crippen LogP contribution in [0.4, 0.5) is 16.2 Å². The third kappa shape index (κ3) is 5.53. The van der Waals surface area contributed by atoms with Crippen molar-refractivity contribution in [2.45, 2.75) is 26.7 Å².